The predicted molar refractivity (Wildman–Crippen MR) is 112 cm³/mol. The molecule has 0 aliphatic carbocycles. The molecule has 2 aromatic carbocycles. The Hall–Kier alpha value is -3.45. The number of anilines is 1. The summed E-state index contributed by atoms with van der Waals surface area (Å²) in [5.74, 6) is -0.657. The van der Waals surface area contributed by atoms with Crippen molar-refractivity contribution < 1.29 is 28.5 Å². The Labute approximate surface area is 178 Å². The molecule has 0 unspecified atom stereocenters. The average molecular weight is 430 g/mol. The fraction of sp³-hybridized carbons (Fsp3) is 0.182. The second-order valence-corrected chi connectivity index (χ2v) is 6.50. The molecule has 0 atom stereocenters. The summed E-state index contributed by atoms with van der Waals surface area (Å²) in [4.78, 5) is 25.3. The molecule has 3 rings (SSSR count). The van der Waals surface area contributed by atoms with Crippen molar-refractivity contribution in [3.05, 3.63) is 70.3 Å². The van der Waals surface area contributed by atoms with Crippen LogP contribution in [-0.2, 0) is 19.1 Å². The molecule has 1 N–H and O–H groups in total. The van der Waals surface area contributed by atoms with E-state index in [1.807, 2.05) is 18.2 Å². The molecule has 8 heteroatoms. The molecule has 0 radical (unpaired) electrons. The van der Waals surface area contributed by atoms with Crippen molar-refractivity contribution in [2.75, 3.05) is 26.1 Å². The number of hydrogen-bond acceptors (Lipinski definition) is 7. The van der Waals surface area contributed by atoms with E-state index in [1.165, 1.54) is 20.3 Å². The van der Waals surface area contributed by atoms with Gasteiger partial charge in [-0.05, 0) is 42.8 Å². The maximum Gasteiger partial charge on any atom is 0.347 e. The van der Waals surface area contributed by atoms with Crippen molar-refractivity contribution in [2.45, 2.75) is 6.92 Å². The average Bonchev–Trinajstić information content (AvgIpc) is 3.03. The molecule has 0 spiro atoms. The van der Waals surface area contributed by atoms with Crippen LogP contribution in [0.25, 0.3) is 6.08 Å². The summed E-state index contributed by atoms with van der Waals surface area (Å²) in [6.07, 6.45) is 1.47. The maximum atomic E-state index is 12.9. The van der Waals surface area contributed by atoms with Crippen LogP contribution < -0.4 is 14.8 Å². The van der Waals surface area contributed by atoms with Crippen LogP contribution in [-0.4, -0.2) is 32.6 Å². The monoisotopic (exact) mass is 429 g/mol. The minimum Gasteiger partial charge on any atom is -0.493 e. The first kappa shape index (κ1) is 21.3. The number of ether oxygens (including phenoxy) is 4. The van der Waals surface area contributed by atoms with Crippen LogP contribution in [0.5, 0.6) is 11.5 Å². The number of Topliss-reactive ketones (excluding diaryl/α,β-unsaturated/α-hetero) is 1. The quantitative estimate of drug-likeness (QED) is 0.401. The van der Waals surface area contributed by atoms with E-state index >= 15 is 0 Å². The van der Waals surface area contributed by atoms with E-state index < -0.39 is 11.8 Å². The molecule has 0 bridgehead atoms. The molecule has 0 fully saturated rings. The van der Waals surface area contributed by atoms with E-state index in [2.05, 4.69) is 5.32 Å². The summed E-state index contributed by atoms with van der Waals surface area (Å²) in [5.41, 5.74) is 0.973. The lowest BCUT2D eigenvalue weighted by molar-refractivity contribution is -0.139. The molecular weight excluding hydrogens is 410 g/mol. The van der Waals surface area contributed by atoms with Crippen LogP contribution in [0.2, 0.25) is 5.02 Å². The zero-order valence-electron chi connectivity index (χ0n) is 16.7. The molecule has 0 saturated heterocycles. The predicted octanol–water partition coefficient (Wildman–Crippen LogP) is 4.18. The minimum atomic E-state index is -0.769. The van der Waals surface area contributed by atoms with Crippen molar-refractivity contribution in [1.29, 1.82) is 0 Å². The molecule has 1 aliphatic rings. The largest absolute Gasteiger partial charge is 0.493 e. The fourth-order valence-electron chi connectivity index (χ4n) is 2.83. The van der Waals surface area contributed by atoms with Gasteiger partial charge in [0.1, 0.15) is 0 Å². The van der Waals surface area contributed by atoms with Gasteiger partial charge in [0.05, 0.1) is 25.8 Å². The van der Waals surface area contributed by atoms with E-state index in [0.717, 1.165) is 0 Å². The molecule has 1 heterocycles. The molecule has 1 aliphatic heterocycles. The molecule has 156 valence electrons. The topological polar surface area (TPSA) is 83.1 Å². The lowest BCUT2D eigenvalue weighted by Crippen LogP contribution is -2.16. The van der Waals surface area contributed by atoms with Gasteiger partial charge in [-0.1, -0.05) is 29.8 Å². The number of rotatable bonds is 7. The SMILES string of the molecule is CCOC(=O)C1=C(Nc2ccccc2)O/C(=C\c2cc(Cl)c(OC)c(OC)c2)C1=O. The first-order chi connectivity index (χ1) is 14.5. The highest BCUT2D eigenvalue weighted by Crippen LogP contribution is 2.37. The van der Waals surface area contributed by atoms with Crippen molar-refractivity contribution in [2.24, 2.45) is 0 Å². The number of para-hydroxylation sites is 1. The summed E-state index contributed by atoms with van der Waals surface area (Å²) in [6.45, 7) is 1.78. The Bertz CT molecular complexity index is 1030. The van der Waals surface area contributed by atoms with Gasteiger partial charge in [-0.25, -0.2) is 4.79 Å². The molecule has 0 amide bonds. The van der Waals surface area contributed by atoms with Crippen molar-refractivity contribution in [3.63, 3.8) is 0 Å². The van der Waals surface area contributed by atoms with E-state index in [-0.39, 0.29) is 23.8 Å². The normalized spacial score (nSPS) is 14.5. The molecule has 7 nitrogen and oxygen atoms in total. The Morgan fingerprint density at radius 3 is 2.53 bits per heavy atom. The Balaban J connectivity index is 1.98. The zero-order chi connectivity index (χ0) is 21.7. The lowest BCUT2D eigenvalue weighted by atomic mass is 10.1. The smallest absolute Gasteiger partial charge is 0.347 e. The highest BCUT2D eigenvalue weighted by atomic mass is 35.5. The van der Waals surface area contributed by atoms with E-state index in [1.54, 1.807) is 31.2 Å². The number of carbonyl (C=O) groups is 2. The Morgan fingerprint density at radius 1 is 1.17 bits per heavy atom. The third-order valence-electron chi connectivity index (χ3n) is 4.15. The Morgan fingerprint density at radius 2 is 1.90 bits per heavy atom. The summed E-state index contributed by atoms with van der Waals surface area (Å²) < 4.78 is 21.2. The highest BCUT2D eigenvalue weighted by Gasteiger charge is 2.37. The highest BCUT2D eigenvalue weighted by molar-refractivity contribution is 6.32. The van der Waals surface area contributed by atoms with Crippen LogP contribution >= 0.6 is 11.6 Å². The second-order valence-electron chi connectivity index (χ2n) is 6.09. The van der Waals surface area contributed by atoms with Gasteiger partial charge < -0.3 is 24.3 Å². The van der Waals surface area contributed by atoms with Crippen LogP contribution in [0.4, 0.5) is 5.69 Å². The van der Waals surface area contributed by atoms with Gasteiger partial charge in [-0.2, -0.15) is 0 Å². The van der Waals surface area contributed by atoms with Gasteiger partial charge in [-0.3, -0.25) is 4.79 Å². The third kappa shape index (κ3) is 4.41. The zero-order valence-corrected chi connectivity index (χ0v) is 17.4. The number of nitrogens with one attached hydrogen (secondary N) is 1. The number of benzene rings is 2. The minimum absolute atomic E-state index is 0.00229. The number of allylic oxidation sites excluding steroid dienone is 1. The van der Waals surface area contributed by atoms with Gasteiger partial charge in [-0.15, -0.1) is 0 Å². The standard InChI is InChI=1S/C22H20ClNO6/c1-4-29-22(26)18-19(25)16(30-21(18)24-14-8-6-5-7-9-14)11-13-10-15(23)20(28-3)17(12-13)27-2/h5-12,24H,4H2,1-3H3/b16-11-. The van der Waals surface area contributed by atoms with Crippen molar-refractivity contribution in [3.8, 4) is 11.5 Å². The molecule has 0 saturated carbocycles. The number of esters is 1. The van der Waals surface area contributed by atoms with Gasteiger partial charge >= 0.3 is 5.97 Å². The molecular formula is C22H20ClNO6. The van der Waals surface area contributed by atoms with Gasteiger partial charge in [0, 0.05) is 5.69 Å². The van der Waals surface area contributed by atoms with Crippen LogP contribution in [0.15, 0.2) is 59.7 Å². The number of ketones is 1. The second kappa shape index (κ2) is 9.37. The van der Waals surface area contributed by atoms with Crippen molar-refractivity contribution in [1.82, 2.24) is 0 Å². The molecule has 30 heavy (non-hydrogen) atoms. The molecule has 2 aromatic rings. The summed E-state index contributed by atoms with van der Waals surface area (Å²) in [5, 5.41) is 3.25. The first-order valence-corrected chi connectivity index (χ1v) is 9.45. The maximum absolute atomic E-state index is 12.9. The molecule has 0 aromatic heterocycles. The van der Waals surface area contributed by atoms with Gasteiger partial charge in [0.2, 0.25) is 11.7 Å². The van der Waals surface area contributed by atoms with Gasteiger partial charge in [0.25, 0.3) is 0 Å². The summed E-state index contributed by atoms with van der Waals surface area (Å²) >= 11 is 6.23. The first-order valence-electron chi connectivity index (χ1n) is 9.07. The van der Waals surface area contributed by atoms with Gasteiger partial charge in [0.15, 0.2) is 22.8 Å². The third-order valence-corrected chi connectivity index (χ3v) is 4.44. The van der Waals surface area contributed by atoms with Crippen LogP contribution in [0, 0.1) is 0 Å². The van der Waals surface area contributed by atoms with Crippen LogP contribution in [0.3, 0.4) is 0 Å². The number of halogens is 1. The number of hydrogen-bond donors (Lipinski definition) is 1. The van der Waals surface area contributed by atoms with E-state index in [4.69, 9.17) is 30.5 Å². The Kier molecular flexibility index (Phi) is 6.64. The van der Waals surface area contributed by atoms with Crippen LogP contribution in [0.1, 0.15) is 12.5 Å². The number of carbonyl (C=O) groups excluding carboxylic acids is 2. The van der Waals surface area contributed by atoms with E-state index in [9.17, 15) is 9.59 Å². The fourth-order valence-corrected chi connectivity index (χ4v) is 3.13. The summed E-state index contributed by atoms with van der Waals surface area (Å²) in [7, 11) is 2.95. The van der Waals surface area contributed by atoms with E-state index in [0.29, 0.717) is 27.8 Å². The number of methoxy groups -OCH3 is 2. The summed E-state index contributed by atoms with van der Waals surface area (Å²) in [6, 6.07) is 12.3. The lowest BCUT2D eigenvalue weighted by Gasteiger charge is -2.11. The van der Waals surface area contributed by atoms with Crippen molar-refractivity contribution >= 4 is 35.1 Å².